The second-order valence-electron chi connectivity index (χ2n) is 8.48. The molecule has 0 saturated carbocycles. The fourth-order valence-corrected chi connectivity index (χ4v) is 4.29. The van der Waals surface area contributed by atoms with Crippen LogP contribution in [0.1, 0.15) is 21.5 Å². The molecule has 1 saturated heterocycles. The van der Waals surface area contributed by atoms with Crippen molar-refractivity contribution in [1.29, 1.82) is 0 Å². The van der Waals surface area contributed by atoms with Crippen molar-refractivity contribution in [2.75, 3.05) is 27.9 Å². The lowest BCUT2D eigenvalue weighted by molar-refractivity contribution is -0.141. The van der Waals surface area contributed by atoms with E-state index in [1.165, 1.54) is 31.4 Å². The molecule has 3 aromatic carbocycles. The van der Waals surface area contributed by atoms with Crippen LogP contribution in [0.25, 0.3) is 0 Å². The molecule has 1 fully saturated rings. The molecule has 1 heterocycles. The topological polar surface area (TPSA) is 80.3 Å². The maximum absolute atomic E-state index is 13.1. The van der Waals surface area contributed by atoms with Crippen LogP contribution in [0.2, 0.25) is 0 Å². The first-order chi connectivity index (χ1) is 17.4. The van der Waals surface area contributed by atoms with Crippen LogP contribution in [0.3, 0.4) is 0 Å². The summed E-state index contributed by atoms with van der Waals surface area (Å²) in [6.07, 6.45) is 1.08. The molecule has 0 N–H and O–H groups in total. The van der Waals surface area contributed by atoms with Gasteiger partial charge in [0.05, 0.1) is 39.4 Å². The van der Waals surface area contributed by atoms with E-state index in [0.29, 0.717) is 36.7 Å². The van der Waals surface area contributed by atoms with Crippen molar-refractivity contribution in [1.82, 2.24) is 0 Å². The maximum Gasteiger partial charge on any atom is 0.343 e. The Balaban J connectivity index is 1.47. The van der Waals surface area contributed by atoms with Gasteiger partial charge in [-0.25, -0.2) is 9.18 Å². The quantitative estimate of drug-likeness (QED) is 0.317. The molecule has 3 aromatic rings. The zero-order valence-electron chi connectivity index (χ0n) is 20.3. The Bertz CT molecular complexity index is 1240. The maximum atomic E-state index is 13.1. The molecular formula is C28H27FO7. The van der Waals surface area contributed by atoms with Gasteiger partial charge in [0.2, 0.25) is 0 Å². The van der Waals surface area contributed by atoms with E-state index in [9.17, 15) is 14.0 Å². The molecule has 188 valence electrons. The van der Waals surface area contributed by atoms with E-state index >= 15 is 0 Å². The van der Waals surface area contributed by atoms with Gasteiger partial charge in [-0.1, -0.05) is 12.1 Å². The van der Waals surface area contributed by atoms with Crippen molar-refractivity contribution in [3.8, 4) is 23.0 Å². The van der Waals surface area contributed by atoms with Gasteiger partial charge < -0.3 is 23.7 Å². The van der Waals surface area contributed by atoms with Gasteiger partial charge >= 0.3 is 11.9 Å². The third-order valence-corrected chi connectivity index (χ3v) is 6.22. The van der Waals surface area contributed by atoms with Gasteiger partial charge in [0.25, 0.3) is 0 Å². The van der Waals surface area contributed by atoms with Gasteiger partial charge in [0.15, 0.2) is 23.0 Å². The first kappa shape index (κ1) is 25.0. The molecule has 0 bridgehead atoms. The van der Waals surface area contributed by atoms with Gasteiger partial charge in [-0.05, 0) is 72.5 Å². The highest BCUT2D eigenvalue weighted by molar-refractivity contribution is 5.91. The lowest BCUT2D eigenvalue weighted by atomic mass is 9.85. The number of carbonyl (C=O) groups excluding carboxylic acids is 2. The lowest BCUT2D eigenvalue weighted by Gasteiger charge is -2.17. The van der Waals surface area contributed by atoms with Gasteiger partial charge in [-0.3, -0.25) is 4.79 Å². The van der Waals surface area contributed by atoms with Crippen LogP contribution in [-0.2, 0) is 22.4 Å². The van der Waals surface area contributed by atoms with Crippen molar-refractivity contribution in [2.45, 2.75) is 12.8 Å². The molecule has 36 heavy (non-hydrogen) atoms. The number of cyclic esters (lactones) is 1. The summed E-state index contributed by atoms with van der Waals surface area (Å²) in [5.41, 5.74) is 2.07. The van der Waals surface area contributed by atoms with E-state index in [0.717, 1.165) is 11.1 Å². The number of hydrogen-bond donors (Lipinski definition) is 0. The summed E-state index contributed by atoms with van der Waals surface area (Å²) in [5, 5.41) is 0. The Hall–Kier alpha value is -4.07. The van der Waals surface area contributed by atoms with Gasteiger partial charge in [0.1, 0.15) is 5.82 Å². The van der Waals surface area contributed by atoms with Crippen LogP contribution in [0.4, 0.5) is 4.39 Å². The van der Waals surface area contributed by atoms with Crippen LogP contribution in [0.5, 0.6) is 23.0 Å². The molecule has 0 spiro atoms. The van der Waals surface area contributed by atoms with Crippen LogP contribution in [-0.4, -0.2) is 39.9 Å². The Morgan fingerprint density at radius 2 is 1.42 bits per heavy atom. The Labute approximate surface area is 208 Å². The summed E-state index contributed by atoms with van der Waals surface area (Å²) in [6, 6.07) is 15.9. The highest BCUT2D eigenvalue weighted by Crippen LogP contribution is 2.35. The summed E-state index contributed by atoms with van der Waals surface area (Å²) in [4.78, 5) is 25.0. The normalized spacial score (nSPS) is 16.8. The Kier molecular flexibility index (Phi) is 7.73. The Morgan fingerprint density at radius 1 is 0.833 bits per heavy atom. The molecule has 4 rings (SSSR count). The molecule has 0 aromatic heterocycles. The number of esters is 2. The molecule has 0 aliphatic carbocycles. The highest BCUT2D eigenvalue weighted by Gasteiger charge is 2.37. The van der Waals surface area contributed by atoms with E-state index in [-0.39, 0.29) is 29.1 Å². The van der Waals surface area contributed by atoms with Gasteiger partial charge in [0, 0.05) is 5.92 Å². The first-order valence-corrected chi connectivity index (χ1v) is 11.4. The molecule has 7 nitrogen and oxygen atoms in total. The molecular weight excluding hydrogens is 467 g/mol. The van der Waals surface area contributed by atoms with E-state index in [4.69, 9.17) is 23.7 Å². The molecule has 2 atom stereocenters. The fraction of sp³-hybridized carbons (Fsp3) is 0.286. The van der Waals surface area contributed by atoms with Crippen LogP contribution < -0.4 is 18.9 Å². The van der Waals surface area contributed by atoms with E-state index < -0.39 is 11.8 Å². The summed E-state index contributed by atoms with van der Waals surface area (Å²) in [7, 11) is 4.64. The first-order valence-electron chi connectivity index (χ1n) is 11.4. The number of carbonyl (C=O) groups is 2. The summed E-state index contributed by atoms with van der Waals surface area (Å²) in [6.45, 7) is 0.336. The number of hydrogen-bond acceptors (Lipinski definition) is 7. The average molecular weight is 495 g/mol. The third kappa shape index (κ3) is 5.59. The SMILES string of the molecule is COc1ccc(C[C@H]2COC(=O)[C@@H]2Cc2ccc(OC(=O)c3ccc(F)cc3)c(OC)c2)cc1OC. The lowest BCUT2D eigenvalue weighted by Crippen LogP contribution is -2.20. The number of ether oxygens (including phenoxy) is 5. The standard InChI is InChI=1S/C28H27FO7/c1-32-23-10-4-17(14-25(23)33-2)12-20-16-35-28(31)22(20)13-18-5-11-24(26(15-18)34-3)36-27(30)19-6-8-21(29)9-7-19/h4-11,14-15,20,22H,12-13,16H2,1-3H3/t20-,22+/m0/s1. The second-order valence-corrected chi connectivity index (χ2v) is 8.48. The molecule has 0 radical (unpaired) electrons. The van der Waals surface area contributed by atoms with Gasteiger partial charge in [-0.2, -0.15) is 0 Å². The third-order valence-electron chi connectivity index (χ3n) is 6.22. The summed E-state index contributed by atoms with van der Waals surface area (Å²) >= 11 is 0. The van der Waals surface area contributed by atoms with Gasteiger partial charge in [-0.15, -0.1) is 0 Å². The molecule has 0 amide bonds. The molecule has 1 aliphatic rings. The fourth-order valence-electron chi connectivity index (χ4n) is 4.29. The second kappa shape index (κ2) is 11.1. The smallest absolute Gasteiger partial charge is 0.343 e. The Morgan fingerprint density at radius 3 is 2.06 bits per heavy atom. The zero-order chi connectivity index (χ0) is 25.7. The number of methoxy groups -OCH3 is 3. The summed E-state index contributed by atoms with van der Waals surface area (Å²) < 4.78 is 40.1. The van der Waals surface area contributed by atoms with Crippen molar-refractivity contribution in [3.63, 3.8) is 0 Å². The van der Waals surface area contributed by atoms with E-state index in [2.05, 4.69) is 0 Å². The number of benzene rings is 3. The zero-order valence-corrected chi connectivity index (χ0v) is 20.3. The largest absolute Gasteiger partial charge is 0.493 e. The monoisotopic (exact) mass is 494 g/mol. The number of halogens is 1. The average Bonchev–Trinajstić information content (AvgIpc) is 3.23. The minimum Gasteiger partial charge on any atom is -0.493 e. The summed E-state index contributed by atoms with van der Waals surface area (Å²) in [5.74, 6) is 0.186. The van der Waals surface area contributed by atoms with Crippen LogP contribution in [0.15, 0.2) is 60.7 Å². The predicted octanol–water partition coefficient (Wildman–Crippen LogP) is 4.65. The van der Waals surface area contributed by atoms with E-state index in [1.807, 2.05) is 18.2 Å². The van der Waals surface area contributed by atoms with Crippen LogP contribution >= 0.6 is 0 Å². The van der Waals surface area contributed by atoms with Crippen molar-refractivity contribution in [2.24, 2.45) is 11.8 Å². The predicted molar refractivity (Wildman–Crippen MR) is 129 cm³/mol. The minimum absolute atomic E-state index is 0.0161. The molecule has 8 heteroatoms. The van der Waals surface area contributed by atoms with Crippen molar-refractivity contribution in [3.05, 3.63) is 83.2 Å². The van der Waals surface area contributed by atoms with Crippen molar-refractivity contribution < 1.29 is 37.7 Å². The molecule has 1 aliphatic heterocycles. The molecule has 0 unspecified atom stereocenters. The number of rotatable bonds is 9. The van der Waals surface area contributed by atoms with E-state index in [1.54, 1.807) is 32.4 Å². The minimum atomic E-state index is -0.629. The highest BCUT2D eigenvalue weighted by atomic mass is 19.1. The van der Waals surface area contributed by atoms with Crippen LogP contribution in [0, 0.1) is 17.7 Å². The van der Waals surface area contributed by atoms with Crippen molar-refractivity contribution >= 4 is 11.9 Å².